The Labute approximate surface area is 142 Å². The average Bonchev–Trinajstić information content (AvgIpc) is 2.64. The van der Waals surface area contributed by atoms with Crippen LogP contribution < -0.4 is 5.32 Å². The molecule has 2 aromatic carbocycles. The summed E-state index contributed by atoms with van der Waals surface area (Å²) in [6, 6.07) is 20.5. The van der Waals surface area contributed by atoms with Gasteiger partial charge in [-0.3, -0.25) is 9.59 Å². The van der Waals surface area contributed by atoms with Crippen LogP contribution in [0.4, 0.5) is 0 Å². The molecular formula is C20H23NO3. The Bertz CT molecular complexity index is 601. The summed E-state index contributed by atoms with van der Waals surface area (Å²) in [5.74, 6) is -0.417. The van der Waals surface area contributed by atoms with Gasteiger partial charge in [0.25, 0.3) is 5.91 Å². The molecule has 0 fully saturated rings. The van der Waals surface area contributed by atoms with Gasteiger partial charge >= 0.3 is 5.97 Å². The third kappa shape index (κ3) is 5.54. The number of ether oxygens (including phenoxy) is 1. The minimum Gasteiger partial charge on any atom is -0.456 e. The molecular weight excluding hydrogens is 302 g/mol. The number of hydrogen-bond acceptors (Lipinski definition) is 3. The van der Waals surface area contributed by atoms with Crippen LogP contribution in [0.25, 0.3) is 0 Å². The molecule has 0 aliphatic carbocycles. The van der Waals surface area contributed by atoms with Gasteiger partial charge in [0.2, 0.25) is 0 Å². The van der Waals surface area contributed by atoms with Crippen LogP contribution in [0.5, 0.6) is 0 Å². The van der Waals surface area contributed by atoms with Crippen molar-refractivity contribution in [2.24, 2.45) is 0 Å². The number of amides is 1. The molecule has 126 valence electrons. The van der Waals surface area contributed by atoms with Gasteiger partial charge in [-0.05, 0) is 17.5 Å². The van der Waals surface area contributed by atoms with Crippen LogP contribution in [0.1, 0.15) is 36.8 Å². The van der Waals surface area contributed by atoms with Crippen LogP contribution in [0.2, 0.25) is 0 Å². The molecule has 0 saturated carbocycles. The molecule has 0 aromatic heterocycles. The summed E-state index contributed by atoms with van der Waals surface area (Å²) in [7, 11) is 0. The molecule has 24 heavy (non-hydrogen) atoms. The molecule has 4 nitrogen and oxygen atoms in total. The molecule has 0 aliphatic rings. The Balaban J connectivity index is 1.93. The topological polar surface area (TPSA) is 55.4 Å². The Morgan fingerprint density at radius 1 is 0.958 bits per heavy atom. The number of esters is 1. The van der Waals surface area contributed by atoms with Gasteiger partial charge in [-0.1, -0.05) is 67.6 Å². The molecule has 0 radical (unpaired) electrons. The van der Waals surface area contributed by atoms with Crippen LogP contribution in [-0.4, -0.2) is 25.0 Å². The minimum absolute atomic E-state index is 0.214. The Kier molecular flexibility index (Phi) is 7.02. The smallest absolute Gasteiger partial charge is 0.306 e. The zero-order valence-electron chi connectivity index (χ0n) is 13.9. The first kappa shape index (κ1) is 17.7. The number of rotatable bonds is 8. The van der Waals surface area contributed by atoms with Gasteiger partial charge in [0.05, 0.1) is 0 Å². The van der Waals surface area contributed by atoms with Crippen LogP contribution in [0.15, 0.2) is 60.7 Å². The molecule has 0 saturated heterocycles. The van der Waals surface area contributed by atoms with Gasteiger partial charge in [0.15, 0.2) is 6.61 Å². The summed E-state index contributed by atoms with van der Waals surface area (Å²) in [6.45, 7) is 2.01. The van der Waals surface area contributed by atoms with E-state index in [1.54, 1.807) is 6.92 Å². The van der Waals surface area contributed by atoms with E-state index in [1.165, 1.54) is 11.1 Å². The zero-order valence-corrected chi connectivity index (χ0v) is 13.9. The SMILES string of the molecule is CCC(=O)OCC(=O)NCCC(c1ccccc1)c1ccccc1. The number of carbonyl (C=O) groups excluding carboxylic acids is 2. The van der Waals surface area contributed by atoms with Crippen LogP contribution in [0.3, 0.4) is 0 Å². The summed E-state index contributed by atoms with van der Waals surface area (Å²) in [4.78, 5) is 22.8. The molecule has 1 N–H and O–H groups in total. The third-order valence-electron chi connectivity index (χ3n) is 3.81. The van der Waals surface area contributed by atoms with E-state index in [9.17, 15) is 9.59 Å². The molecule has 0 spiro atoms. The fourth-order valence-electron chi connectivity index (χ4n) is 2.55. The zero-order chi connectivity index (χ0) is 17.2. The monoisotopic (exact) mass is 325 g/mol. The maximum absolute atomic E-state index is 11.7. The molecule has 0 aliphatic heterocycles. The van der Waals surface area contributed by atoms with Crippen molar-refractivity contribution in [1.29, 1.82) is 0 Å². The second-order valence-corrected chi connectivity index (χ2v) is 5.53. The highest BCUT2D eigenvalue weighted by atomic mass is 16.5. The lowest BCUT2D eigenvalue weighted by atomic mass is 9.88. The summed E-state index contributed by atoms with van der Waals surface area (Å²) < 4.78 is 4.83. The van der Waals surface area contributed by atoms with Crippen LogP contribution in [-0.2, 0) is 14.3 Å². The Morgan fingerprint density at radius 3 is 2.00 bits per heavy atom. The fourth-order valence-corrected chi connectivity index (χ4v) is 2.55. The van der Waals surface area contributed by atoms with Crippen LogP contribution in [0, 0.1) is 0 Å². The Morgan fingerprint density at radius 2 is 1.50 bits per heavy atom. The van der Waals surface area contributed by atoms with Gasteiger partial charge in [-0.25, -0.2) is 0 Å². The fraction of sp³-hybridized carbons (Fsp3) is 0.300. The highest BCUT2D eigenvalue weighted by molar-refractivity contribution is 5.80. The van der Waals surface area contributed by atoms with Crippen molar-refractivity contribution in [3.8, 4) is 0 Å². The van der Waals surface area contributed by atoms with E-state index in [1.807, 2.05) is 36.4 Å². The third-order valence-corrected chi connectivity index (χ3v) is 3.81. The Hall–Kier alpha value is -2.62. The van der Waals surface area contributed by atoms with E-state index in [4.69, 9.17) is 4.74 Å². The van der Waals surface area contributed by atoms with E-state index >= 15 is 0 Å². The van der Waals surface area contributed by atoms with Gasteiger partial charge < -0.3 is 10.1 Å². The summed E-state index contributed by atoms with van der Waals surface area (Å²) in [6.07, 6.45) is 1.05. The highest BCUT2D eigenvalue weighted by Gasteiger charge is 2.14. The number of carbonyl (C=O) groups is 2. The van der Waals surface area contributed by atoms with E-state index in [2.05, 4.69) is 29.6 Å². The number of hydrogen-bond donors (Lipinski definition) is 1. The van der Waals surface area contributed by atoms with Gasteiger partial charge in [0.1, 0.15) is 0 Å². The normalized spacial score (nSPS) is 10.4. The standard InChI is InChI=1S/C20H23NO3/c1-2-20(23)24-15-19(22)21-14-13-18(16-9-5-3-6-10-16)17-11-7-4-8-12-17/h3-12,18H,2,13-15H2,1H3,(H,21,22). The van der Waals surface area contributed by atoms with E-state index in [-0.39, 0.29) is 30.8 Å². The average molecular weight is 325 g/mol. The molecule has 0 heterocycles. The number of benzene rings is 2. The van der Waals surface area contributed by atoms with Crippen molar-refractivity contribution in [2.45, 2.75) is 25.7 Å². The predicted octanol–water partition coefficient (Wildman–Crippen LogP) is 3.28. The summed E-state index contributed by atoms with van der Waals surface area (Å²) in [5, 5.41) is 2.82. The molecule has 0 atom stereocenters. The van der Waals surface area contributed by atoms with Gasteiger partial charge in [0, 0.05) is 18.9 Å². The van der Waals surface area contributed by atoms with Crippen molar-refractivity contribution in [1.82, 2.24) is 5.32 Å². The van der Waals surface area contributed by atoms with Crippen molar-refractivity contribution in [3.05, 3.63) is 71.8 Å². The van der Waals surface area contributed by atoms with E-state index in [0.29, 0.717) is 6.54 Å². The largest absolute Gasteiger partial charge is 0.456 e. The molecule has 2 aromatic rings. The van der Waals surface area contributed by atoms with Gasteiger partial charge in [-0.2, -0.15) is 0 Å². The predicted molar refractivity (Wildman–Crippen MR) is 93.6 cm³/mol. The lowest BCUT2D eigenvalue weighted by molar-refractivity contribution is -0.148. The maximum atomic E-state index is 11.7. The number of nitrogens with one attached hydrogen (secondary N) is 1. The molecule has 2 rings (SSSR count). The second kappa shape index (κ2) is 9.50. The first-order chi connectivity index (χ1) is 11.7. The minimum atomic E-state index is -0.364. The first-order valence-electron chi connectivity index (χ1n) is 8.23. The molecule has 0 unspecified atom stereocenters. The maximum Gasteiger partial charge on any atom is 0.306 e. The first-order valence-corrected chi connectivity index (χ1v) is 8.23. The van der Waals surface area contributed by atoms with Crippen molar-refractivity contribution in [2.75, 3.05) is 13.2 Å². The molecule has 4 heteroatoms. The quantitative estimate of drug-likeness (QED) is 0.758. The van der Waals surface area contributed by atoms with E-state index in [0.717, 1.165) is 6.42 Å². The lowest BCUT2D eigenvalue weighted by Crippen LogP contribution is -2.30. The van der Waals surface area contributed by atoms with Crippen molar-refractivity contribution < 1.29 is 14.3 Å². The van der Waals surface area contributed by atoms with E-state index < -0.39 is 0 Å². The second-order valence-electron chi connectivity index (χ2n) is 5.53. The summed E-state index contributed by atoms with van der Waals surface area (Å²) >= 11 is 0. The highest BCUT2D eigenvalue weighted by Crippen LogP contribution is 2.27. The molecule has 1 amide bonds. The van der Waals surface area contributed by atoms with Gasteiger partial charge in [-0.15, -0.1) is 0 Å². The molecule has 0 bridgehead atoms. The summed E-state index contributed by atoms with van der Waals surface area (Å²) in [5.41, 5.74) is 2.44. The van der Waals surface area contributed by atoms with Crippen LogP contribution >= 0.6 is 0 Å². The van der Waals surface area contributed by atoms with Crippen molar-refractivity contribution >= 4 is 11.9 Å². The lowest BCUT2D eigenvalue weighted by Gasteiger charge is -2.18. The van der Waals surface area contributed by atoms with Crippen molar-refractivity contribution in [3.63, 3.8) is 0 Å².